The normalized spacial score (nSPS) is 14.2. The number of fused-ring (bicyclic) bond motifs is 1. The standard InChI is InChI=1S/C21H19N3O3/c25-19(23-12-10-16(11-13-23)15-6-2-1-3-7-15)14-24-18-9-5-4-8-17(18)20(26)22-21(24)27/h1-10H,11-14H2,(H,22,26,27). The molecule has 1 amide bonds. The number of amides is 1. The smallest absolute Gasteiger partial charge is 0.329 e. The van der Waals surface area contributed by atoms with Crippen LogP contribution >= 0.6 is 0 Å². The lowest BCUT2D eigenvalue weighted by atomic mass is 9.99. The van der Waals surface area contributed by atoms with Crippen LogP contribution in [0, 0.1) is 0 Å². The molecule has 0 fully saturated rings. The van der Waals surface area contributed by atoms with Gasteiger partial charge >= 0.3 is 5.69 Å². The second-order valence-electron chi connectivity index (χ2n) is 6.55. The molecule has 27 heavy (non-hydrogen) atoms. The van der Waals surface area contributed by atoms with Crippen LogP contribution in [0.3, 0.4) is 0 Å². The van der Waals surface area contributed by atoms with Crippen LogP contribution in [0.4, 0.5) is 0 Å². The zero-order chi connectivity index (χ0) is 18.8. The van der Waals surface area contributed by atoms with Gasteiger partial charge in [0.25, 0.3) is 5.56 Å². The first-order valence-electron chi connectivity index (χ1n) is 8.87. The minimum Gasteiger partial charge on any atom is -0.337 e. The fraction of sp³-hybridized carbons (Fsp3) is 0.190. The van der Waals surface area contributed by atoms with E-state index < -0.39 is 11.2 Å². The highest BCUT2D eigenvalue weighted by atomic mass is 16.2. The molecule has 1 aromatic heterocycles. The molecule has 136 valence electrons. The van der Waals surface area contributed by atoms with Gasteiger partial charge in [0.05, 0.1) is 10.9 Å². The highest BCUT2D eigenvalue weighted by molar-refractivity contribution is 5.82. The Kier molecular flexibility index (Phi) is 4.46. The van der Waals surface area contributed by atoms with Gasteiger partial charge in [0.2, 0.25) is 5.91 Å². The number of nitrogens with one attached hydrogen (secondary N) is 1. The van der Waals surface area contributed by atoms with Gasteiger partial charge in [0, 0.05) is 13.1 Å². The summed E-state index contributed by atoms with van der Waals surface area (Å²) in [6.45, 7) is 1.03. The fourth-order valence-electron chi connectivity index (χ4n) is 3.44. The monoisotopic (exact) mass is 361 g/mol. The average molecular weight is 361 g/mol. The first-order chi connectivity index (χ1) is 13.1. The van der Waals surface area contributed by atoms with Crippen molar-refractivity contribution in [1.82, 2.24) is 14.5 Å². The molecular weight excluding hydrogens is 342 g/mol. The highest BCUT2D eigenvalue weighted by Crippen LogP contribution is 2.22. The van der Waals surface area contributed by atoms with E-state index in [1.165, 1.54) is 15.7 Å². The first-order valence-corrected chi connectivity index (χ1v) is 8.87. The van der Waals surface area contributed by atoms with Crippen molar-refractivity contribution >= 4 is 22.4 Å². The summed E-state index contributed by atoms with van der Waals surface area (Å²) in [5.74, 6) is -0.141. The Morgan fingerprint density at radius 3 is 2.48 bits per heavy atom. The van der Waals surface area contributed by atoms with E-state index in [4.69, 9.17) is 0 Å². The molecule has 0 saturated heterocycles. The van der Waals surface area contributed by atoms with E-state index in [-0.39, 0.29) is 12.5 Å². The Bertz CT molecular complexity index is 1140. The molecule has 3 aromatic rings. The molecule has 0 radical (unpaired) electrons. The van der Waals surface area contributed by atoms with E-state index in [9.17, 15) is 14.4 Å². The van der Waals surface area contributed by atoms with Crippen LogP contribution in [0.5, 0.6) is 0 Å². The number of aromatic nitrogens is 2. The van der Waals surface area contributed by atoms with Crippen LogP contribution in [-0.4, -0.2) is 33.4 Å². The van der Waals surface area contributed by atoms with Crippen molar-refractivity contribution in [2.24, 2.45) is 0 Å². The van der Waals surface area contributed by atoms with E-state index in [0.29, 0.717) is 24.0 Å². The number of nitrogens with zero attached hydrogens (tertiary/aromatic N) is 2. The number of H-pyrrole nitrogens is 1. The average Bonchev–Trinajstić information content (AvgIpc) is 2.72. The van der Waals surface area contributed by atoms with Crippen LogP contribution in [0.2, 0.25) is 0 Å². The molecule has 1 N–H and O–H groups in total. The summed E-state index contributed by atoms with van der Waals surface area (Å²) in [6, 6.07) is 16.9. The molecule has 1 aliphatic heterocycles. The number of benzene rings is 2. The Hall–Kier alpha value is -3.41. The number of para-hydroxylation sites is 1. The molecule has 0 saturated carbocycles. The molecule has 6 heteroatoms. The number of carbonyl (C=O) groups excluding carboxylic acids is 1. The molecule has 2 aromatic carbocycles. The third-order valence-corrected chi connectivity index (χ3v) is 4.90. The molecule has 0 aliphatic carbocycles. The topological polar surface area (TPSA) is 75.2 Å². The molecular formula is C21H19N3O3. The van der Waals surface area contributed by atoms with Crippen molar-refractivity contribution in [2.75, 3.05) is 13.1 Å². The van der Waals surface area contributed by atoms with Gasteiger partial charge in [-0.15, -0.1) is 0 Å². The first kappa shape index (κ1) is 17.0. The molecule has 0 unspecified atom stereocenters. The largest absolute Gasteiger partial charge is 0.337 e. The minimum atomic E-state index is -0.565. The second-order valence-corrected chi connectivity index (χ2v) is 6.55. The zero-order valence-electron chi connectivity index (χ0n) is 14.7. The zero-order valence-corrected chi connectivity index (χ0v) is 14.7. The van der Waals surface area contributed by atoms with Crippen molar-refractivity contribution < 1.29 is 4.79 Å². The molecule has 0 spiro atoms. The van der Waals surface area contributed by atoms with Gasteiger partial charge < -0.3 is 4.90 Å². The lowest BCUT2D eigenvalue weighted by molar-refractivity contribution is -0.131. The van der Waals surface area contributed by atoms with Crippen LogP contribution in [0.25, 0.3) is 16.5 Å². The van der Waals surface area contributed by atoms with Gasteiger partial charge in [0.15, 0.2) is 0 Å². The predicted octanol–water partition coefficient (Wildman–Crippen LogP) is 2.01. The van der Waals surface area contributed by atoms with Crippen molar-refractivity contribution in [3.63, 3.8) is 0 Å². The SMILES string of the molecule is O=C(Cn1c(=O)[nH]c(=O)c2ccccc21)N1CC=C(c2ccccc2)CC1. The number of aromatic amines is 1. The molecule has 4 rings (SSSR count). The molecule has 1 aliphatic rings. The predicted molar refractivity (Wildman–Crippen MR) is 104 cm³/mol. The highest BCUT2D eigenvalue weighted by Gasteiger charge is 2.19. The molecule has 6 nitrogen and oxygen atoms in total. The summed E-state index contributed by atoms with van der Waals surface area (Å²) in [5, 5.41) is 0.398. The van der Waals surface area contributed by atoms with Crippen LogP contribution in [0.1, 0.15) is 12.0 Å². The Labute approximate surface area is 155 Å². The van der Waals surface area contributed by atoms with Gasteiger partial charge in [-0.3, -0.25) is 19.1 Å². The number of hydrogen-bond acceptors (Lipinski definition) is 3. The van der Waals surface area contributed by atoms with Crippen molar-refractivity contribution in [3.05, 3.63) is 87.1 Å². The van der Waals surface area contributed by atoms with Crippen molar-refractivity contribution in [1.29, 1.82) is 0 Å². The van der Waals surface area contributed by atoms with Crippen LogP contribution in [0.15, 0.2) is 70.3 Å². The van der Waals surface area contributed by atoms with Crippen molar-refractivity contribution in [2.45, 2.75) is 13.0 Å². The van der Waals surface area contributed by atoms with E-state index in [0.717, 1.165) is 6.42 Å². The lowest BCUT2D eigenvalue weighted by Crippen LogP contribution is -2.40. The van der Waals surface area contributed by atoms with Gasteiger partial charge in [-0.25, -0.2) is 4.79 Å². The summed E-state index contributed by atoms with van der Waals surface area (Å²) in [5.41, 5.74) is 1.87. The maximum absolute atomic E-state index is 12.7. The Morgan fingerprint density at radius 2 is 1.74 bits per heavy atom. The number of hydrogen-bond donors (Lipinski definition) is 1. The number of carbonyl (C=O) groups is 1. The van der Waals surface area contributed by atoms with E-state index in [1.54, 1.807) is 29.2 Å². The second kappa shape index (κ2) is 7.07. The summed E-state index contributed by atoms with van der Waals surface area (Å²) in [4.78, 5) is 40.9. The Morgan fingerprint density at radius 1 is 1.00 bits per heavy atom. The lowest BCUT2D eigenvalue weighted by Gasteiger charge is -2.27. The third kappa shape index (κ3) is 3.33. The number of rotatable bonds is 3. The maximum Gasteiger partial charge on any atom is 0.329 e. The van der Waals surface area contributed by atoms with E-state index in [2.05, 4.69) is 23.2 Å². The van der Waals surface area contributed by atoms with Gasteiger partial charge in [-0.2, -0.15) is 0 Å². The van der Waals surface area contributed by atoms with Crippen LogP contribution < -0.4 is 11.2 Å². The molecule has 2 heterocycles. The summed E-state index contributed by atoms with van der Waals surface area (Å²) in [7, 11) is 0. The third-order valence-electron chi connectivity index (χ3n) is 4.90. The van der Waals surface area contributed by atoms with Gasteiger partial charge in [-0.05, 0) is 29.7 Å². The fourth-order valence-corrected chi connectivity index (χ4v) is 3.44. The molecule has 0 bridgehead atoms. The van der Waals surface area contributed by atoms with Crippen LogP contribution in [-0.2, 0) is 11.3 Å². The summed E-state index contributed by atoms with van der Waals surface area (Å²) < 4.78 is 1.33. The quantitative estimate of drug-likeness (QED) is 0.775. The Balaban J connectivity index is 1.56. The summed E-state index contributed by atoms with van der Waals surface area (Å²) >= 11 is 0. The minimum absolute atomic E-state index is 0.0926. The van der Waals surface area contributed by atoms with E-state index in [1.807, 2.05) is 18.2 Å². The van der Waals surface area contributed by atoms with Gasteiger partial charge in [-0.1, -0.05) is 48.5 Å². The maximum atomic E-state index is 12.7. The van der Waals surface area contributed by atoms with Crippen molar-refractivity contribution in [3.8, 4) is 0 Å². The molecule has 0 atom stereocenters. The summed E-state index contributed by atoms with van der Waals surface area (Å²) in [6.07, 6.45) is 2.83. The van der Waals surface area contributed by atoms with E-state index >= 15 is 0 Å². The van der Waals surface area contributed by atoms with Gasteiger partial charge in [0.1, 0.15) is 6.54 Å².